The van der Waals surface area contributed by atoms with E-state index >= 15 is 0 Å². The van der Waals surface area contributed by atoms with E-state index in [0.29, 0.717) is 12.2 Å². The van der Waals surface area contributed by atoms with Gasteiger partial charge in [0.15, 0.2) is 5.82 Å². The van der Waals surface area contributed by atoms with E-state index in [9.17, 15) is 13.6 Å². The predicted octanol–water partition coefficient (Wildman–Crippen LogP) is 3.07. The fourth-order valence-electron chi connectivity index (χ4n) is 3.26. The van der Waals surface area contributed by atoms with E-state index in [1.54, 1.807) is 6.07 Å². The van der Waals surface area contributed by atoms with Crippen LogP contribution in [-0.2, 0) is 6.54 Å². The number of fused-ring (bicyclic) bond motifs is 1. The van der Waals surface area contributed by atoms with E-state index in [0.717, 1.165) is 12.2 Å². The number of halogens is 2. The summed E-state index contributed by atoms with van der Waals surface area (Å²) >= 11 is 0. The maximum atomic E-state index is 13.9. The second-order valence-corrected chi connectivity index (χ2v) is 6.19. The molecule has 1 aliphatic rings. The molecule has 1 unspecified atom stereocenters. The summed E-state index contributed by atoms with van der Waals surface area (Å²) in [5, 5.41) is 12.5. The molecule has 0 saturated carbocycles. The van der Waals surface area contributed by atoms with Crippen LogP contribution in [0.4, 0.5) is 14.6 Å². The number of carbonyl (C=O) groups excluding carboxylic acids is 1. The molecule has 3 N–H and O–H groups in total. The summed E-state index contributed by atoms with van der Waals surface area (Å²) in [6.45, 7) is 3.51. The summed E-state index contributed by atoms with van der Waals surface area (Å²) in [6, 6.07) is 8.88. The number of nitrogens with one attached hydrogen (secondary N) is 3. The molecule has 1 atom stereocenters. The maximum absolute atomic E-state index is 13.9. The molecule has 1 aliphatic heterocycles. The molecule has 1 amide bonds. The van der Waals surface area contributed by atoms with E-state index in [1.807, 2.05) is 17.6 Å². The van der Waals surface area contributed by atoms with Gasteiger partial charge in [0.05, 0.1) is 11.3 Å². The van der Waals surface area contributed by atoms with E-state index in [1.165, 1.54) is 24.3 Å². The number of anilines is 1. The van der Waals surface area contributed by atoms with Crippen molar-refractivity contribution in [2.45, 2.75) is 19.5 Å². The lowest BCUT2D eigenvalue weighted by molar-refractivity contribution is 0.101. The molecule has 0 radical (unpaired) electrons. The van der Waals surface area contributed by atoms with Crippen molar-refractivity contribution in [2.75, 3.05) is 11.9 Å². The highest BCUT2D eigenvalue weighted by Crippen LogP contribution is 2.26. The number of carbonyl (C=O) groups is 1. The number of benzene rings is 1. The SMILES string of the molecule is CC1NCCn2c(C(=O)Nc3cc(-c4c(F)cccc4F)[nH]n3)ccc21. The Morgan fingerprint density at radius 3 is 2.81 bits per heavy atom. The molecule has 134 valence electrons. The van der Waals surface area contributed by atoms with Crippen molar-refractivity contribution in [1.29, 1.82) is 0 Å². The van der Waals surface area contributed by atoms with Crippen LogP contribution < -0.4 is 10.6 Å². The topological polar surface area (TPSA) is 74.7 Å². The molecule has 0 bridgehead atoms. The van der Waals surface area contributed by atoms with Gasteiger partial charge in [-0.25, -0.2) is 8.78 Å². The lowest BCUT2D eigenvalue weighted by Gasteiger charge is -2.24. The van der Waals surface area contributed by atoms with Crippen molar-refractivity contribution < 1.29 is 13.6 Å². The van der Waals surface area contributed by atoms with Gasteiger partial charge in [0.1, 0.15) is 17.3 Å². The molecule has 2 aromatic heterocycles. The summed E-state index contributed by atoms with van der Waals surface area (Å²) in [6.07, 6.45) is 0. The molecule has 26 heavy (non-hydrogen) atoms. The zero-order chi connectivity index (χ0) is 18.3. The van der Waals surface area contributed by atoms with Crippen molar-refractivity contribution in [1.82, 2.24) is 20.1 Å². The largest absolute Gasteiger partial charge is 0.338 e. The lowest BCUT2D eigenvalue weighted by Crippen LogP contribution is -2.33. The Kier molecular flexibility index (Phi) is 4.04. The van der Waals surface area contributed by atoms with Crippen molar-refractivity contribution in [3.63, 3.8) is 0 Å². The smallest absolute Gasteiger partial charge is 0.273 e. The Labute approximate surface area is 148 Å². The summed E-state index contributed by atoms with van der Waals surface area (Å²) < 4.78 is 29.7. The zero-order valence-electron chi connectivity index (χ0n) is 14.0. The first-order chi connectivity index (χ1) is 12.5. The van der Waals surface area contributed by atoms with Crippen molar-refractivity contribution in [3.8, 4) is 11.3 Å². The first-order valence-electron chi connectivity index (χ1n) is 8.28. The Morgan fingerprint density at radius 1 is 1.27 bits per heavy atom. The lowest BCUT2D eigenvalue weighted by atomic mass is 10.1. The van der Waals surface area contributed by atoms with Crippen LogP contribution in [0.5, 0.6) is 0 Å². The third-order valence-corrected chi connectivity index (χ3v) is 4.53. The molecule has 0 fully saturated rings. The molecule has 8 heteroatoms. The Bertz CT molecular complexity index is 958. The highest BCUT2D eigenvalue weighted by atomic mass is 19.1. The third-order valence-electron chi connectivity index (χ3n) is 4.53. The Morgan fingerprint density at radius 2 is 2.04 bits per heavy atom. The Balaban J connectivity index is 1.58. The van der Waals surface area contributed by atoms with Gasteiger partial charge in [-0.1, -0.05) is 6.07 Å². The molecule has 0 saturated heterocycles. The minimum atomic E-state index is -0.700. The van der Waals surface area contributed by atoms with Gasteiger partial charge in [-0.3, -0.25) is 9.89 Å². The van der Waals surface area contributed by atoms with Crippen LogP contribution in [-0.4, -0.2) is 27.2 Å². The number of hydrogen-bond donors (Lipinski definition) is 3. The van der Waals surface area contributed by atoms with Gasteiger partial charge < -0.3 is 15.2 Å². The number of H-pyrrole nitrogens is 1. The first kappa shape index (κ1) is 16.5. The van der Waals surface area contributed by atoms with E-state index in [4.69, 9.17) is 0 Å². The van der Waals surface area contributed by atoms with Gasteiger partial charge in [0, 0.05) is 30.9 Å². The third kappa shape index (κ3) is 2.78. The molecule has 0 spiro atoms. The molecule has 3 aromatic rings. The van der Waals surface area contributed by atoms with Gasteiger partial charge in [-0.05, 0) is 31.2 Å². The molecular weight excluding hydrogens is 340 g/mol. The van der Waals surface area contributed by atoms with E-state index in [-0.39, 0.29) is 29.0 Å². The molecule has 3 heterocycles. The normalized spacial score (nSPS) is 16.3. The standard InChI is InChI=1S/C18H17F2N5O/c1-10-14-5-6-15(25(14)8-7-21-10)18(26)22-16-9-13(23-24-16)17-11(19)3-2-4-12(17)20/h2-6,9-10,21H,7-8H2,1H3,(H2,22,23,24,26). The minimum Gasteiger partial charge on any atom is -0.338 e. The molecule has 1 aromatic carbocycles. The number of aromatic amines is 1. The van der Waals surface area contributed by atoms with Crippen LogP contribution in [0.3, 0.4) is 0 Å². The van der Waals surface area contributed by atoms with E-state index < -0.39 is 11.6 Å². The first-order valence-corrected chi connectivity index (χ1v) is 8.28. The zero-order valence-corrected chi connectivity index (χ0v) is 14.0. The average molecular weight is 357 g/mol. The van der Waals surface area contributed by atoms with Crippen LogP contribution in [0.1, 0.15) is 29.1 Å². The molecule has 0 aliphatic carbocycles. The molecule has 6 nitrogen and oxygen atoms in total. The summed E-state index contributed by atoms with van der Waals surface area (Å²) in [5.74, 6) is -1.52. The van der Waals surface area contributed by atoms with Crippen LogP contribution in [0.2, 0.25) is 0 Å². The van der Waals surface area contributed by atoms with Crippen LogP contribution >= 0.6 is 0 Å². The monoisotopic (exact) mass is 357 g/mol. The number of amides is 1. The van der Waals surface area contributed by atoms with Crippen molar-refractivity contribution in [2.24, 2.45) is 0 Å². The van der Waals surface area contributed by atoms with Crippen LogP contribution in [0.15, 0.2) is 36.4 Å². The van der Waals surface area contributed by atoms with Gasteiger partial charge >= 0.3 is 0 Å². The van der Waals surface area contributed by atoms with Gasteiger partial charge in [0.2, 0.25) is 0 Å². The quantitative estimate of drug-likeness (QED) is 0.674. The highest BCUT2D eigenvalue weighted by Gasteiger charge is 2.22. The fourth-order valence-corrected chi connectivity index (χ4v) is 3.26. The van der Waals surface area contributed by atoms with Crippen molar-refractivity contribution >= 4 is 11.7 Å². The number of nitrogens with zero attached hydrogens (tertiary/aromatic N) is 2. The summed E-state index contributed by atoms with van der Waals surface area (Å²) in [5.41, 5.74) is 1.51. The second-order valence-electron chi connectivity index (χ2n) is 6.19. The van der Waals surface area contributed by atoms with Gasteiger partial charge in [-0.15, -0.1) is 0 Å². The van der Waals surface area contributed by atoms with Gasteiger partial charge in [-0.2, -0.15) is 5.10 Å². The second kappa shape index (κ2) is 6.38. The predicted molar refractivity (Wildman–Crippen MR) is 92.7 cm³/mol. The molecule has 4 rings (SSSR count). The Hall–Kier alpha value is -3.00. The maximum Gasteiger partial charge on any atom is 0.273 e. The summed E-state index contributed by atoms with van der Waals surface area (Å²) in [4.78, 5) is 12.6. The number of hydrogen-bond acceptors (Lipinski definition) is 3. The fraction of sp³-hybridized carbons (Fsp3) is 0.222. The van der Waals surface area contributed by atoms with Gasteiger partial charge in [0.25, 0.3) is 5.91 Å². The number of rotatable bonds is 3. The van der Waals surface area contributed by atoms with Crippen LogP contribution in [0, 0.1) is 11.6 Å². The highest BCUT2D eigenvalue weighted by molar-refractivity contribution is 6.03. The van der Waals surface area contributed by atoms with E-state index in [2.05, 4.69) is 20.8 Å². The minimum absolute atomic E-state index is 0.158. The van der Waals surface area contributed by atoms with Crippen LogP contribution in [0.25, 0.3) is 11.3 Å². The average Bonchev–Trinajstić information content (AvgIpc) is 3.22. The van der Waals surface area contributed by atoms with Crippen molar-refractivity contribution in [3.05, 3.63) is 59.4 Å². The number of aromatic nitrogens is 3. The summed E-state index contributed by atoms with van der Waals surface area (Å²) in [7, 11) is 0. The molecular formula is C18H17F2N5O.